The summed E-state index contributed by atoms with van der Waals surface area (Å²) < 4.78 is 11.0. The van der Waals surface area contributed by atoms with Crippen LogP contribution < -0.4 is 9.47 Å². The normalized spacial score (nSPS) is 10.7. The van der Waals surface area contributed by atoms with Crippen molar-refractivity contribution >= 4 is 57.0 Å². The van der Waals surface area contributed by atoms with Crippen molar-refractivity contribution in [2.75, 3.05) is 0 Å². The predicted molar refractivity (Wildman–Crippen MR) is 111 cm³/mol. The molecule has 0 atom stereocenters. The third kappa shape index (κ3) is 5.29. The van der Waals surface area contributed by atoms with Gasteiger partial charge in [0.1, 0.15) is 11.5 Å². The number of carbonyl (C=O) groups is 4. The maximum Gasteiger partial charge on any atom is 0.311 e. The number of hydrogen-bond acceptors (Lipinski definition) is 6. The van der Waals surface area contributed by atoms with Gasteiger partial charge < -0.3 is 19.7 Å². The van der Waals surface area contributed by atoms with Crippen LogP contribution in [-0.2, 0) is 19.2 Å². The minimum absolute atomic E-state index is 0.161. The smallest absolute Gasteiger partial charge is 0.311 e. The van der Waals surface area contributed by atoms with Gasteiger partial charge in [-0.25, -0.2) is 0 Å². The fraction of sp³-hybridized carbons (Fsp3) is 0.182. The molecule has 3 aromatic carbocycles. The number of rotatable bonds is 8. The maximum atomic E-state index is 12.2. The standard InChI is InChI=1S/C22H17ClO8/c23-12-5-6-15-16(11-12)22(31-20(29)10-8-18(26)27)14-4-2-1-3-13(14)21(15)30-19(28)9-7-17(24)25/h1-6,11H,7-10H2,(H,24,25)(H,26,27). The number of carboxylic acids is 2. The molecule has 0 radical (unpaired) electrons. The fourth-order valence-electron chi connectivity index (χ4n) is 3.04. The van der Waals surface area contributed by atoms with Gasteiger partial charge in [0.2, 0.25) is 0 Å². The zero-order chi connectivity index (χ0) is 22.5. The number of aliphatic carboxylic acids is 2. The van der Waals surface area contributed by atoms with Gasteiger partial charge in [-0.1, -0.05) is 35.9 Å². The van der Waals surface area contributed by atoms with Crippen LogP contribution in [0.15, 0.2) is 42.5 Å². The highest BCUT2D eigenvalue weighted by Crippen LogP contribution is 2.43. The Kier molecular flexibility index (Phi) is 6.71. The average Bonchev–Trinajstić information content (AvgIpc) is 2.73. The van der Waals surface area contributed by atoms with E-state index in [2.05, 4.69) is 0 Å². The average molecular weight is 445 g/mol. The number of fused-ring (bicyclic) bond motifs is 2. The van der Waals surface area contributed by atoms with Gasteiger partial charge in [-0.3, -0.25) is 19.2 Å². The van der Waals surface area contributed by atoms with Crippen LogP contribution in [0.3, 0.4) is 0 Å². The zero-order valence-corrected chi connectivity index (χ0v) is 16.8. The Labute approximate surface area is 180 Å². The monoisotopic (exact) mass is 444 g/mol. The van der Waals surface area contributed by atoms with E-state index in [0.717, 1.165) is 0 Å². The van der Waals surface area contributed by atoms with E-state index in [-0.39, 0.29) is 37.2 Å². The molecule has 160 valence electrons. The third-order valence-electron chi connectivity index (χ3n) is 4.40. The lowest BCUT2D eigenvalue weighted by Gasteiger charge is -2.16. The van der Waals surface area contributed by atoms with Crippen molar-refractivity contribution < 1.29 is 38.9 Å². The highest BCUT2D eigenvalue weighted by molar-refractivity contribution is 6.31. The van der Waals surface area contributed by atoms with Gasteiger partial charge in [-0.05, 0) is 18.2 Å². The van der Waals surface area contributed by atoms with Crippen molar-refractivity contribution in [3.63, 3.8) is 0 Å². The summed E-state index contributed by atoms with van der Waals surface area (Å²) in [7, 11) is 0. The molecule has 0 heterocycles. The molecule has 0 bridgehead atoms. The largest absolute Gasteiger partial charge is 0.481 e. The molecule has 3 rings (SSSR count). The second-order valence-corrected chi connectivity index (χ2v) is 7.07. The minimum Gasteiger partial charge on any atom is -0.481 e. The van der Waals surface area contributed by atoms with Crippen LogP contribution in [0, 0.1) is 0 Å². The molecule has 0 aliphatic heterocycles. The molecule has 8 nitrogen and oxygen atoms in total. The van der Waals surface area contributed by atoms with Crippen molar-refractivity contribution in [3.8, 4) is 11.5 Å². The van der Waals surface area contributed by atoms with E-state index >= 15 is 0 Å². The van der Waals surface area contributed by atoms with E-state index in [0.29, 0.717) is 26.6 Å². The number of carboxylic acid groups (broad SMARTS) is 2. The summed E-state index contributed by atoms with van der Waals surface area (Å²) >= 11 is 6.13. The summed E-state index contributed by atoms with van der Waals surface area (Å²) in [5, 5.41) is 19.6. The van der Waals surface area contributed by atoms with Crippen molar-refractivity contribution in [1.29, 1.82) is 0 Å². The van der Waals surface area contributed by atoms with E-state index in [1.807, 2.05) is 0 Å². The van der Waals surface area contributed by atoms with Gasteiger partial charge in [0.05, 0.1) is 25.7 Å². The van der Waals surface area contributed by atoms with E-state index in [1.165, 1.54) is 6.07 Å². The number of benzene rings is 3. The summed E-state index contributed by atoms with van der Waals surface area (Å²) in [6, 6.07) is 11.4. The number of carbonyl (C=O) groups excluding carboxylic acids is 2. The molecule has 0 amide bonds. The van der Waals surface area contributed by atoms with Crippen LogP contribution in [0.4, 0.5) is 0 Å². The minimum atomic E-state index is -1.13. The molecule has 0 saturated carbocycles. The lowest BCUT2D eigenvalue weighted by atomic mass is 10.0. The van der Waals surface area contributed by atoms with Crippen molar-refractivity contribution in [2.24, 2.45) is 0 Å². The fourth-order valence-corrected chi connectivity index (χ4v) is 3.21. The van der Waals surface area contributed by atoms with Crippen LogP contribution in [0.5, 0.6) is 11.5 Å². The van der Waals surface area contributed by atoms with E-state index in [4.69, 9.17) is 31.3 Å². The quantitative estimate of drug-likeness (QED) is 0.301. The maximum absolute atomic E-state index is 12.2. The van der Waals surface area contributed by atoms with Gasteiger partial charge in [-0.15, -0.1) is 0 Å². The molecule has 2 N–H and O–H groups in total. The van der Waals surface area contributed by atoms with Crippen LogP contribution in [0.2, 0.25) is 5.02 Å². The molecule has 0 spiro atoms. The number of halogens is 1. The summed E-state index contributed by atoms with van der Waals surface area (Å²) in [5.41, 5.74) is 0. The van der Waals surface area contributed by atoms with Crippen molar-refractivity contribution in [2.45, 2.75) is 25.7 Å². The Morgan fingerprint density at radius 1 is 0.677 bits per heavy atom. The van der Waals surface area contributed by atoms with Crippen molar-refractivity contribution in [3.05, 3.63) is 47.5 Å². The highest BCUT2D eigenvalue weighted by atomic mass is 35.5. The first-order valence-electron chi connectivity index (χ1n) is 9.25. The SMILES string of the molecule is O=C(O)CCC(=O)Oc1c2ccccc2c(OC(=O)CCC(=O)O)c2cc(Cl)ccc12. The van der Waals surface area contributed by atoms with Gasteiger partial charge in [0.25, 0.3) is 0 Å². The van der Waals surface area contributed by atoms with E-state index < -0.39 is 23.9 Å². The zero-order valence-electron chi connectivity index (χ0n) is 16.1. The second kappa shape index (κ2) is 9.44. The second-order valence-electron chi connectivity index (χ2n) is 6.63. The van der Waals surface area contributed by atoms with Crippen LogP contribution in [-0.4, -0.2) is 34.1 Å². The highest BCUT2D eigenvalue weighted by Gasteiger charge is 2.21. The Balaban J connectivity index is 2.13. The molecule has 0 aliphatic rings. The summed E-state index contributed by atoms with van der Waals surface area (Å²) in [4.78, 5) is 46.0. The van der Waals surface area contributed by atoms with Gasteiger partial charge in [-0.2, -0.15) is 0 Å². The van der Waals surface area contributed by atoms with Gasteiger partial charge >= 0.3 is 23.9 Å². The molecule has 0 fully saturated rings. The number of ether oxygens (including phenoxy) is 2. The molecule has 0 aliphatic carbocycles. The van der Waals surface area contributed by atoms with Gasteiger partial charge in [0, 0.05) is 26.6 Å². The molecule has 0 saturated heterocycles. The first-order valence-corrected chi connectivity index (χ1v) is 9.63. The Hall–Kier alpha value is -3.65. The lowest BCUT2D eigenvalue weighted by Crippen LogP contribution is -2.12. The molecular formula is C22H17ClO8. The Bertz CT molecular complexity index is 1200. The Morgan fingerprint density at radius 2 is 1.13 bits per heavy atom. The predicted octanol–water partition coefficient (Wildman–Crippen LogP) is 4.19. The summed E-state index contributed by atoms with van der Waals surface area (Å²) in [6.45, 7) is 0. The first kappa shape index (κ1) is 22.0. The number of hydrogen-bond donors (Lipinski definition) is 2. The Morgan fingerprint density at radius 3 is 1.61 bits per heavy atom. The molecule has 3 aromatic rings. The summed E-state index contributed by atoms with van der Waals surface area (Å²) in [6.07, 6.45) is -1.39. The van der Waals surface area contributed by atoms with Gasteiger partial charge in [0.15, 0.2) is 0 Å². The molecule has 31 heavy (non-hydrogen) atoms. The van der Waals surface area contributed by atoms with Crippen molar-refractivity contribution in [1.82, 2.24) is 0 Å². The third-order valence-corrected chi connectivity index (χ3v) is 4.64. The molecule has 0 unspecified atom stereocenters. The lowest BCUT2D eigenvalue weighted by molar-refractivity contribution is -0.142. The van der Waals surface area contributed by atoms with Crippen LogP contribution in [0.25, 0.3) is 21.5 Å². The number of esters is 2. The topological polar surface area (TPSA) is 127 Å². The van der Waals surface area contributed by atoms with Crippen LogP contribution >= 0.6 is 11.6 Å². The first-order chi connectivity index (χ1) is 14.8. The van der Waals surface area contributed by atoms with E-state index in [1.54, 1.807) is 36.4 Å². The van der Waals surface area contributed by atoms with Crippen LogP contribution in [0.1, 0.15) is 25.7 Å². The van der Waals surface area contributed by atoms with E-state index in [9.17, 15) is 19.2 Å². The molecule has 9 heteroatoms. The molecular weight excluding hydrogens is 428 g/mol. The summed E-state index contributed by atoms with van der Waals surface area (Å²) in [5.74, 6) is -3.37. The molecule has 0 aromatic heterocycles.